The fraction of sp³-hybridized carbons (Fsp3) is 0.190. The van der Waals surface area contributed by atoms with Crippen molar-refractivity contribution in [1.29, 1.82) is 0 Å². The number of hydrogen-bond donors (Lipinski definition) is 0. The number of imidazole rings is 1. The highest BCUT2D eigenvalue weighted by molar-refractivity contribution is 6.30. The van der Waals surface area contributed by atoms with E-state index in [1.165, 1.54) is 18.7 Å². The Bertz CT molecular complexity index is 1490. The smallest absolute Gasteiger partial charge is 0.419 e. The second-order valence-corrected chi connectivity index (χ2v) is 7.66. The first-order chi connectivity index (χ1) is 15.5. The lowest BCUT2D eigenvalue weighted by Gasteiger charge is -2.12. The molecule has 172 valence electrons. The molecule has 7 nitrogen and oxygen atoms in total. The lowest BCUT2D eigenvalue weighted by atomic mass is 10.2. The van der Waals surface area contributed by atoms with Gasteiger partial charge in [-0.3, -0.25) is 18.5 Å². The van der Waals surface area contributed by atoms with Gasteiger partial charge in [0.25, 0.3) is 5.56 Å². The molecule has 0 N–H and O–H groups in total. The molecule has 0 saturated heterocycles. The Labute approximate surface area is 188 Å². The van der Waals surface area contributed by atoms with E-state index in [0.717, 1.165) is 15.2 Å². The van der Waals surface area contributed by atoms with E-state index in [-0.39, 0.29) is 29.5 Å². The van der Waals surface area contributed by atoms with Crippen molar-refractivity contribution in [2.75, 3.05) is 0 Å². The Morgan fingerprint density at radius 3 is 2.33 bits per heavy atom. The van der Waals surface area contributed by atoms with Crippen molar-refractivity contribution in [3.63, 3.8) is 0 Å². The van der Waals surface area contributed by atoms with Crippen LogP contribution in [0.2, 0.25) is 5.02 Å². The molecule has 0 aliphatic heterocycles. The lowest BCUT2D eigenvalue weighted by molar-refractivity contribution is -0.140. The molecule has 0 amide bonds. The number of aromatic nitrogens is 4. The summed E-state index contributed by atoms with van der Waals surface area (Å²) in [7, 11) is 2.69. The van der Waals surface area contributed by atoms with Gasteiger partial charge in [0.15, 0.2) is 11.2 Å². The maximum atomic E-state index is 13.7. The molecule has 12 heteroatoms. The van der Waals surface area contributed by atoms with Crippen LogP contribution < -0.4 is 16.0 Å². The molecular weight excluding hydrogens is 468 g/mol. The van der Waals surface area contributed by atoms with Crippen molar-refractivity contribution in [3.05, 3.63) is 85.3 Å². The summed E-state index contributed by atoms with van der Waals surface area (Å²) in [5.41, 5.74) is -2.16. The number of benzene rings is 2. The van der Waals surface area contributed by atoms with Crippen LogP contribution in [-0.4, -0.2) is 18.7 Å². The van der Waals surface area contributed by atoms with Crippen molar-refractivity contribution >= 4 is 22.8 Å². The van der Waals surface area contributed by atoms with Gasteiger partial charge in [0.2, 0.25) is 0 Å². The topological polar surface area (TPSA) is 71.1 Å². The number of ether oxygens (including phenoxy) is 1. The Kier molecular flexibility index (Phi) is 5.52. The SMILES string of the molecule is Cn1c(=O)c2c(nc(Oc3ccc(F)c(C(F)(F)F)c3)n2Cc2ccc(Cl)cc2)n(C)c1=O. The van der Waals surface area contributed by atoms with Crippen LogP contribution >= 0.6 is 11.6 Å². The van der Waals surface area contributed by atoms with Gasteiger partial charge in [-0.25, -0.2) is 9.18 Å². The van der Waals surface area contributed by atoms with Gasteiger partial charge in [0, 0.05) is 19.1 Å². The van der Waals surface area contributed by atoms with Gasteiger partial charge in [0.1, 0.15) is 11.6 Å². The third-order valence-corrected chi connectivity index (χ3v) is 5.27. The molecule has 4 rings (SSSR count). The number of rotatable bonds is 4. The summed E-state index contributed by atoms with van der Waals surface area (Å²) in [4.78, 5) is 29.4. The van der Waals surface area contributed by atoms with Crippen molar-refractivity contribution in [3.8, 4) is 11.8 Å². The van der Waals surface area contributed by atoms with Crippen molar-refractivity contribution in [2.45, 2.75) is 12.7 Å². The molecule has 0 fully saturated rings. The van der Waals surface area contributed by atoms with Crippen LogP contribution in [-0.2, 0) is 26.8 Å². The van der Waals surface area contributed by atoms with E-state index in [1.54, 1.807) is 24.3 Å². The van der Waals surface area contributed by atoms with Crippen molar-refractivity contribution in [2.24, 2.45) is 14.1 Å². The molecule has 0 aliphatic rings. The Hall–Kier alpha value is -3.60. The van der Waals surface area contributed by atoms with Gasteiger partial charge in [-0.15, -0.1) is 0 Å². The second-order valence-electron chi connectivity index (χ2n) is 7.23. The van der Waals surface area contributed by atoms with Gasteiger partial charge in [-0.1, -0.05) is 23.7 Å². The molecule has 0 spiro atoms. The molecular formula is C21H15ClF4N4O3. The summed E-state index contributed by atoms with van der Waals surface area (Å²) >= 11 is 5.92. The van der Waals surface area contributed by atoms with Gasteiger partial charge < -0.3 is 4.74 Å². The second kappa shape index (κ2) is 8.07. The van der Waals surface area contributed by atoms with E-state index >= 15 is 0 Å². The summed E-state index contributed by atoms with van der Waals surface area (Å²) in [6, 6.07) is 8.50. The van der Waals surface area contributed by atoms with Gasteiger partial charge in [0.05, 0.1) is 12.1 Å². The van der Waals surface area contributed by atoms with Crippen LogP contribution in [0.1, 0.15) is 11.1 Å². The van der Waals surface area contributed by atoms with E-state index in [9.17, 15) is 27.2 Å². The summed E-state index contributed by atoms with van der Waals surface area (Å²) in [5.74, 6) is -1.81. The standard InChI is InChI=1S/C21H15ClF4N4O3/c1-28-17-16(18(31)29(2)20(28)32)30(10-11-3-5-12(22)6-4-11)19(27-17)33-13-7-8-15(23)14(9-13)21(24,25)26/h3-9H,10H2,1-2H3. The van der Waals surface area contributed by atoms with E-state index in [1.807, 2.05) is 0 Å². The number of halogens is 5. The monoisotopic (exact) mass is 482 g/mol. The molecule has 0 atom stereocenters. The lowest BCUT2D eigenvalue weighted by Crippen LogP contribution is -2.37. The van der Waals surface area contributed by atoms with E-state index < -0.39 is 28.8 Å². The first-order valence-corrected chi connectivity index (χ1v) is 9.80. The van der Waals surface area contributed by atoms with E-state index in [2.05, 4.69) is 4.98 Å². The van der Waals surface area contributed by atoms with Crippen molar-refractivity contribution in [1.82, 2.24) is 18.7 Å². The third-order valence-electron chi connectivity index (χ3n) is 5.02. The first kappa shape index (κ1) is 22.6. The quantitative estimate of drug-likeness (QED) is 0.411. The summed E-state index contributed by atoms with van der Waals surface area (Å²) in [5, 5.41) is 0.481. The Morgan fingerprint density at radius 2 is 1.70 bits per heavy atom. The van der Waals surface area contributed by atoms with Crippen LogP contribution in [0.5, 0.6) is 11.8 Å². The fourth-order valence-corrected chi connectivity index (χ4v) is 3.44. The molecule has 0 aliphatic carbocycles. The zero-order valence-electron chi connectivity index (χ0n) is 17.2. The highest BCUT2D eigenvalue weighted by Crippen LogP contribution is 2.35. The highest BCUT2D eigenvalue weighted by atomic mass is 35.5. The highest BCUT2D eigenvalue weighted by Gasteiger charge is 2.34. The molecule has 2 aromatic carbocycles. The maximum Gasteiger partial charge on any atom is 0.419 e. The molecule has 0 radical (unpaired) electrons. The van der Waals surface area contributed by atoms with Crippen LogP contribution in [0.3, 0.4) is 0 Å². The molecule has 0 saturated carbocycles. The molecule has 2 aromatic heterocycles. The maximum absolute atomic E-state index is 13.7. The number of nitrogens with zero attached hydrogens (tertiary/aromatic N) is 4. The minimum Gasteiger partial charge on any atom is -0.425 e. The normalized spacial score (nSPS) is 11.8. The van der Waals surface area contributed by atoms with Crippen LogP contribution in [0, 0.1) is 5.82 Å². The average molecular weight is 483 g/mol. The number of alkyl halides is 3. The van der Waals surface area contributed by atoms with Gasteiger partial charge in [-0.2, -0.15) is 18.2 Å². The van der Waals surface area contributed by atoms with Crippen LogP contribution in [0.4, 0.5) is 17.6 Å². The summed E-state index contributed by atoms with van der Waals surface area (Å²) < 4.78 is 61.9. The molecule has 4 aromatic rings. The summed E-state index contributed by atoms with van der Waals surface area (Å²) in [6.45, 7) is 0.0315. The van der Waals surface area contributed by atoms with Gasteiger partial charge >= 0.3 is 17.9 Å². The molecule has 2 heterocycles. The largest absolute Gasteiger partial charge is 0.425 e. The third kappa shape index (κ3) is 4.11. The Morgan fingerprint density at radius 1 is 1.03 bits per heavy atom. The van der Waals surface area contributed by atoms with Crippen LogP contribution in [0.25, 0.3) is 11.2 Å². The molecule has 0 unspecified atom stereocenters. The predicted octanol–water partition coefficient (Wildman–Crippen LogP) is 4.09. The van der Waals surface area contributed by atoms with E-state index in [0.29, 0.717) is 22.7 Å². The number of fused-ring (bicyclic) bond motifs is 1. The van der Waals surface area contributed by atoms with E-state index in [4.69, 9.17) is 16.3 Å². The number of hydrogen-bond acceptors (Lipinski definition) is 4. The average Bonchev–Trinajstić information content (AvgIpc) is 3.11. The first-order valence-electron chi connectivity index (χ1n) is 9.42. The fourth-order valence-electron chi connectivity index (χ4n) is 3.31. The number of aryl methyl sites for hydroxylation is 1. The minimum atomic E-state index is -4.94. The van der Waals surface area contributed by atoms with Gasteiger partial charge in [-0.05, 0) is 35.9 Å². The summed E-state index contributed by atoms with van der Waals surface area (Å²) in [6.07, 6.45) is -4.94. The molecule has 0 bridgehead atoms. The minimum absolute atomic E-state index is 0.00251. The van der Waals surface area contributed by atoms with Crippen molar-refractivity contribution < 1.29 is 22.3 Å². The molecule has 33 heavy (non-hydrogen) atoms. The zero-order valence-corrected chi connectivity index (χ0v) is 17.9. The van der Waals surface area contributed by atoms with Crippen LogP contribution in [0.15, 0.2) is 52.1 Å². The predicted molar refractivity (Wildman–Crippen MR) is 112 cm³/mol. The Balaban J connectivity index is 1.92. The zero-order chi connectivity index (χ0) is 24.1.